The van der Waals surface area contributed by atoms with Gasteiger partial charge in [-0.2, -0.15) is 0 Å². The summed E-state index contributed by atoms with van der Waals surface area (Å²) in [5.74, 6) is -1.42. The smallest absolute Gasteiger partial charge is 0.254 e. The van der Waals surface area contributed by atoms with Crippen LogP contribution in [0.5, 0.6) is 0 Å². The molecular formula is C14H16ClFN2O2. The highest BCUT2D eigenvalue weighted by Gasteiger charge is 2.18. The number of benzene rings is 1. The lowest BCUT2D eigenvalue weighted by Crippen LogP contribution is -2.42. The Morgan fingerprint density at radius 3 is 2.65 bits per heavy atom. The Hall–Kier alpha value is -1.62. The van der Waals surface area contributed by atoms with Gasteiger partial charge in [0.25, 0.3) is 5.91 Å². The lowest BCUT2D eigenvalue weighted by molar-refractivity contribution is -0.130. The number of nitrogens with one attached hydrogen (secondary N) is 1. The molecular weight excluding hydrogens is 283 g/mol. The Kier molecular flexibility index (Phi) is 4.95. The average molecular weight is 299 g/mol. The number of nitrogens with zero attached hydrogens (tertiary/aromatic N) is 1. The first-order chi connectivity index (χ1) is 9.58. The topological polar surface area (TPSA) is 49.4 Å². The second-order valence-electron chi connectivity index (χ2n) is 4.75. The highest BCUT2D eigenvalue weighted by Crippen LogP contribution is 2.14. The second kappa shape index (κ2) is 6.70. The number of piperidine rings is 1. The summed E-state index contributed by atoms with van der Waals surface area (Å²) in [7, 11) is 0. The van der Waals surface area contributed by atoms with Crippen molar-refractivity contribution in [2.24, 2.45) is 0 Å². The van der Waals surface area contributed by atoms with Crippen LogP contribution in [0.2, 0.25) is 5.02 Å². The molecule has 0 saturated carbocycles. The van der Waals surface area contributed by atoms with Crippen molar-refractivity contribution in [3.05, 3.63) is 34.6 Å². The van der Waals surface area contributed by atoms with E-state index in [0.717, 1.165) is 38.4 Å². The van der Waals surface area contributed by atoms with Gasteiger partial charge in [0.05, 0.1) is 12.1 Å². The van der Waals surface area contributed by atoms with Gasteiger partial charge in [0.15, 0.2) is 0 Å². The molecule has 20 heavy (non-hydrogen) atoms. The normalized spacial score (nSPS) is 15.0. The molecule has 0 spiro atoms. The van der Waals surface area contributed by atoms with Crippen molar-refractivity contribution < 1.29 is 14.0 Å². The van der Waals surface area contributed by atoms with Gasteiger partial charge in [-0.3, -0.25) is 9.59 Å². The van der Waals surface area contributed by atoms with Gasteiger partial charge in [0.2, 0.25) is 5.91 Å². The van der Waals surface area contributed by atoms with Crippen molar-refractivity contribution in [2.45, 2.75) is 19.3 Å². The standard InChI is InChI=1S/C14H16ClFN2O2/c15-10-4-5-12(16)11(8-10)14(20)17-9-13(19)18-6-2-1-3-7-18/h4-5,8H,1-3,6-7,9H2,(H,17,20). The minimum atomic E-state index is -0.655. The van der Waals surface area contributed by atoms with Crippen LogP contribution in [0.3, 0.4) is 0 Å². The molecule has 1 aliphatic rings. The van der Waals surface area contributed by atoms with Crippen LogP contribution in [-0.2, 0) is 4.79 Å². The van der Waals surface area contributed by atoms with E-state index in [-0.39, 0.29) is 23.0 Å². The van der Waals surface area contributed by atoms with Crippen LogP contribution >= 0.6 is 11.6 Å². The van der Waals surface area contributed by atoms with Gasteiger partial charge >= 0.3 is 0 Å². The van der Waals surface area contributed by atoms with E-state index < -0.39 is 11.7 Å². The Labute approximate surface area is 121 Å². The van der Waals surface area contributed by atoms with E-state index in [0.29, 0.717) is 0 Å². The molecule has 0 radical (unpaired) electrons. The summed E-state index contributed by atoms with van der Waals surface area (Å²) in [5.41, 5.74) is -0.149. The van der Waals surface area contributed by atoms with Crippen molar-refractivity contribution in [3.63, 3.8) is 0 Å². The molecule has 1 aromatic rings. The van der Waals surface area contributed by atoms with E-state index in [1.165, 1.54) is 12.1 Å². The Balaban J connectivity index is 1.91. The van der Waals surface area contributed by atoms with E-state index in [4.69, 9.17) is 11.6 Å². The third-order valence-electron chi connectivity index (χ3n) is 3.28. The van der Waals surface area contributed by atoms with Crippen molar-refractivity contribution in [2.75, 3.05) is 19.6 Å². The first-order valence-corrected chi connectivity index (χ1v) is 6.97. The summed E-state index contributed by atoms with van der Waals surface area (Å²) in [5, 5.41) is 2.71. The minimum Gasteiger partial charge on any atom is -0.343 e. The molecule has 108 valence electrons. The fraction of sp³-hybridized carbons (Fsp3) is 0.429. The molecule has 1 heterocycles. The fourth-order valence-corrected chi connectivity index (χ4v) is 2.35. The van der Waals surface area contributed by atoms with Crippen LogP contribution in [0.1, 0.15) is 29.6 Å². The Bertz CT molecular complexity index is 516. The van der Waals surface area contributed by atoms with Gasteiger partial charge in [-0.25, -0.2) is 4.39 Å². The summed E-state index contributed by atoms with van der Waals surface area (Å²) < 4.78 is 13.5. The number of amides is 2. The summed E-state index contributed by atoms with van der Waals surface area (Å²) in [6.07, 6.45) is 3.11. The summed E-state index contributed by atoms with van der Waals surface area (Å²) in [6.45, 7) is 1.32. The van der Waals surface area contributed by atoms with Crippen molar-refractivity contribution in [1.29, 1.82) is 0 Å². The lowest BCUT2D eigenvalue weighted by atomic mass is 10.1. The van der Waals surface area contributed by atoms with Crippen LogP contribution in [-0.4, -0.2) is 36.3 Å². The maximum absolute atomic E-state index is 13.5. The Morgan fingerprint density at radius 1 is 1.25 bits per heavy atom. The van der Waals surface area contributed by atoms with Gasteiger partial charge in [-0.05, 0) is 37.5 Å². The van der Waals surface area contributed by atoms with E-state index in [1.54, 1.807) is 4.90 Å². The van der Waals surface area contributed by atoms with E-state index in [9.17, 15) is 14.0 Å². The van der Waals surface area contributed by atoms with Gasteiger partial charge in [0.1, 0.15) is 5.82 Å². The van der Waals surface area contributed by atoms with Gasteiger partial charge in [-0.15, -0.1) is 0 Å². The second-order valence-corrected chi connectivity index (χ2v) is 5.18. The number of likely N-dealkylation sites (tertiary alicyclic amines) is 1. The largest absolute Gasteiger partial charge is 0.343 e. The quantitative estimate of drug-likeness (QED) is 0.930. The number of hydrogen-bond acceptors (Lipinski definition) is 2. The summed E-state index contributed by atoms with van der Waals surface area (Å²) in [4.78, 5) is 25.4. The van der Waals surface area contributed by atoms with Crippen LogP contribution in [0.15, 0.2) is 18.2 Å². The predicted octanol–water partition coefficient (Wildman–Crippen LogP) is 2.22. The van der Waals surface area contributed by atoms with Crippen molar-refractivity contribution >= 4 is 23.4 Å². The number of carbonyl (C=O) groups is 2. The molecule has 1 aliphatic heterocycles. The monoisotopic (exact) mass is 298 g/mol. The molecule has 0 aromatic heterocycles. The Morgan fingerprint density at radius 2 is 1.95 bits per heavy atom. The fourth-order valence-electron chi connectivity index (χ4n) is 2.18. The van der Waals surface area contributed by atoms with Crippen LogP contribution in [0.4, 0.5) is 4.39 Å². The first kappa shape index (κ1) is 14.8. The lowest BCUT2D eigenvalue weighted by Gasteiger charge is -2.26. The summed E-state index contributed by atoms with van der Waals surface area (Å²) in [6, 6.07) is 3.74. The molecule has 2 amide bonds. The first-order valence-electron chi connectivity index (χ1n) is 6.59. The average Bonchev–Trinajstić information content (AvgIpc) is 2.47. The maximum Gasteiger partial charge on any atom is 0.254 e. The maximum atomic E-state index is 13.5. The number of rotatable bonds is 3. The minimum absolute atomic E-state index is 0.120. The molecule has 0 bridgehead atoms. The molecule has 1 fully saturated rings. The molecule has 4 nitrogen and oxygen atoms in total. The zero-order chi connectivity index (χ0) is 14.5. The van der Waals surface area contributed by atoms with Gasteiger partial charge < -0.3 is 10.2 Å². The third-order valence-corrected chi connectivity index (χ3v) is 3.52. The van der Waals surface area contributed by atoms with E-state index in [1.807, 2.05) is 0 Å². The molecule has 0 atom stereocenters. The van der Waals surface area contributed by atoms with Crippen molar-refractivity contribution in [1.82, 2.24) is 10.2 Å². The van der Waals surface area contributed by atoms with Crippen LogP contribution in [0.25, 0.3) is 0 Å². The molecule has 0 unspecified atom stereocenters. The highest BCUT2D eigenvalue weighted by molar-refractivity contribution is 6.31. The van der Waals surface area contributed by atoms with E-state index in [2.05, 4.69) is 5.32 Å². The van der Waals surface area contributed by atoms with Gasteiger partial charge in [0, 0.05) is 18.1 Å². The predicted molar refractivity (Wildman–Crippen MR) is 74.2 cm³/mol. The van der Waals surface area contributed by atoms with E-state index >= 15 is 0 Å². The zero-order valence-electron chi connectivity index (χ0n) is 11.0. The molecule has 1 aromatic carbocycles. The number of carbonyl (C=O) groups excluding carboxylic acids is 2. The van der Waals surface area contributed by atoms with Crippen LogP contribution in [0, 0.1) is 5.82 Å². The third kappa shape index (κ3) is 3.70. The molecule has 1 saturated heterocycles. The molecule has 1 N–H and O–H groups in total. The number of halogens is 2. The summed E-state index contributed by atoms with van der Waals surface area (Å²) >= 11 is 5.72. The van der Waals surface area contributed by atoms with Crippen molar-refractivity contribution in [3.8, 4) is 0 Å². The molecule has 0 aliphatic carbocycles. The van der Waals surface area contributed by atoms with Crippen LogP contribution < -0.4 is 5.32 Å². The van der Waals surface area contributed by atoms with Gasteiger partial charge in [-0.1, -0.05) is 11.6 Å². The molecule has 2 rings (SSSR count). The SMILES string of the molecule is O=C(NCC(=O)N1CCCCC1)c1cc(Cl)ccc1F. The highest BCUT2D eigenvalue weighted by atomic mass is 35.5. The zero-order valence-corrected chi connectivity index (χ0v) is 11.8. The number of hydrogen-bond donors (Lipinski definition) is 1. The molecule has 6 heteroatoms.